The first-order valence-corrected chi connectivity index (χ1v) is 15.7. The zero-order chi connectivity index (χ0) is 27.9. The lowest BCUT2D eigenvalue weighted by Gasteiger charge is -2.49. The topological polar surface area (TPSA) is 6.48 Å². The molecule has 8 rings (SSSR count). The first kappa shape index (κ1) is 25.9. The van der Waals surface area contributed by atoms with E-state index in [1.807, 2.05) is 0 Å². The van der Waals surface area contributed by atoms with Gasteiger partial charge in [0, 0.05) is 52.8 Å². The first-order valence-electron chi connectivity index (χ1n) is 15.7. The molecule has 2 nitrogen and oxygen atoms in total. The number of hydrogen-bond donors (Lipinski definition) is 0. The molecule has 0 radical (unpaired) electrons. The highest BCUT2D eigenvalue weighted by atomic mass is 15.2. The molecule has 4 unspecified atom stereocenters. The van der Waals surface area contributed by atoms with Crippen molar-refractivity contribution in [2.24, 2.45) is 0 Å². The van der Waals surface area contributed by atoms with E-state index in [9.17, 15) is 0 Å². The molecule has 2 heteroatoms. The van der Waals surface area contributed by atoms with Crippen LogP contribution >= 0.6 is 0 Å². The van der Waals surface area contributed by atoms with Gasteiger partial charge in [-0.1, -0.05) is 106 Å². The second kappa shape index (κ2) is 8.75. The third kappa shape index (κ3) is 3.17. The van der Waals surface area contributed by atoms with Crippen molar-refractivity contribution in [3.05, 3.63) is 83.9 Å². The highest BCUT2D eigenvalue weighted by molar-refractivity contribution is 5.98. The van der Waals surface area contributed by atoms with Gasteiger partial charge in [-0.15, -0.1) is 0 Å². The molecule has 0 aromatic heterocycles. The third-order valence-electron chi connectivity index (χ3n) is 12.7. The molecule has 2 saturated carbocycles. The molecule has 2 heterocycles. The van der Waals surface area contributed by atoms with E-state index in [1.54, 1.807) is 11.1 Å². The van der Waals surface area contributed by atoms with Crippen LogP contribution in [0.4, 0.5) is 11.4 Å². The fourth-order valence-corrected chi connectivity index (χ4v) is 9.57. The van der Waals surface area contributed by atoms with E-state index < -0.39 is 0 Å². The van der Waals surface area contributed by atoms with Gasteiger partial charge in [-0.3, -0.25) is 0 Å². The summed E-state index contributed by atoms with van der Waals surface area (Å²) in [4.78, 5) is 5.15. The molecule has 0 saturated heterocycles. The minimum Gasteiger partial charge on any atom is -0.368 e. The van der Waals surface area contributed by atoms with Crippen molar-refractivity contribution in [1.82, 2.24) is 0 Å². The summed E-state index contributed by atoms with van der Waals surface area (Å²) in [7, 11) is 4.60. The Bertz CT molecular complexity index is 1620. The average Bonchev–Trinajstić information content (AvgIpc) is 3.28. The monoisotopic (exact) mass is 530 g/mol. The number of anilines is 2. The Hall–Kier alpha value is -3.00. The molecule has 0 spiro atoms. The van der Waals surface area contributed by atoms with Gasteiger partial charge < -0.3 is 9.80 Å². The van der Waals surface area contributed by atoms with Crippen LogP contribution in [0.5, 0.6) is 0 Å². The van der Waals surface area contributed by atoms with Gasteiger partial charge in [0.05, 0.1) is 0 Å². The van der Waals surface area contributed by atoms with Crippen molar-refractivity contribution < 1.29 is 0 Å². The maximum Gasteiger partial charge on any atom is 0.0487 e. The number of benzene rings is 4. The van der Waals surface area contributed by atoms with Gasteiger partial charge in [-0.25, -0.2) is 0 Å². The Balaban J connectivity index is 0.000000132. The van der Waals surface area contributed by atoms with Gasteiger partial charge in [0.15, 0.2) is 0 Å². The van der Waals surface area contributed by atoms with Crippen molar-refractivity contribution in [2.75, 3.05) is 23.9 Å². The molecular weight excluding hydrogens is 484 g/mol. The van der Waals surface area contributed by atoms with Crippen LogP contribution in [0.25, 0.3) is 21.5 Å². The van der Waals surface area contributed by atoms with E-state index in [-0.39, 0.29) is 16.5 Å². The summed E-state index contributed by atoms with van der Waals surface area (Å²) in [5.41, 5.74) is 7.25. The molecule has 40 heavy (non-hydrogen) atoms. The Labute approximate surface area is 241 Å². The zero-order valence-electron chi connectivity index (χ0n) is 25.5. The molecule has 208 valence electrons. The van der Waals surface area contributed by atoms with Crippen LogP contribution in [0, 0.1) is 0 Å². The van der Waals surface area contributed by atoms with E-state index in [0.29, 0.717) is 5.41 Å². The van der Waals surface area contributed by atoms with Crippen LogP contribution in [0.1, 0.15) is 90.2 Å². The second-order valence-corrected chi connectivity index (χ2v) is 14.1. The number of nitrogens with zero attached hydrogens (tertiary/aromatic N) is 2. The van der Waals surface area contributed by atoms with Crippen LogP contribution in [0.3, 0.4) is 0 Å². The Morgan fingerprint density at radius 1 is 0.525 bits per heavy atom. The van der Waals surface area contributed by atoms with E-state index in [1.165, 1.54) is 84.3 Å². The molecular formula is C38H46N2. The van der Waals surface area contributed by atoms with Crippen molar-refractivity contribution in [3.63, 3.8) is 0 Å². The summed E-state index contributed by atoms with van der Waals surface area (Å²) in [5, 5.41) is 5.63. The quantitative estimate of drug-likeness (QED) is 0.223. The standard InChI is InChI=1S/2C19H23N/c1-18-12-6-7-13-19(18,2)20(3)16-11-10-14-8-4-5-9-15(14)17(16)18;1-18-12-6-7-13-19(18,2)20(3)17-15-9-5-4-8-14(15)10-11-16(17)18/h2*4-5,8-11H,6-7,12-13H2,1-3H3. The summed E-state index contributed by atoms with van der Waals surface area (Å²) in [6, 6.07) is 27.1. The molecule has 0 bridgehead atoms. The van der Waals surface area contributed by atoms with Crippen molar-refractivity contribution in [3.8, 4) is 0 Å². The predicted octanol–water partition coefficient (Wildman–Crippen LogP) is 9.76. The van der Waals surface area contributed by atoms with E-state index in [0.717, 1.165) is 0 Å². The summed E-state index contributed by atoms with van der Waals surface area (Å²) in [5.74, 6) is 0. The number of likely N-dealkylation sites (N-methyl/N-ethyl adjacent to an activating group) is 2. The molecule has 4 aromatic rings. The number of hydrogen-bond acceptors (Lipinski definition) is 2. The van der Waals surface area contributed by atoms with Crippen LogP contribution < -0.4 is 9.80 Å². The SMILES string of the molecule is CN1c2c(ccc3ccccc23)C2(C)CCCCC12C.CN1c2ccc3ccccc3c2C2(C)CCCCC12C. The summed E-state index contributed by atoms with van der Waals surface area (Å²) >= 11 is 0. The summed E-state index contributed by atoms with van der Waals surface area (Å²) in [6.45, 7) is 9.94. The van der Waals surface area contributed by atoms with Gasteiger partial charge >= 0.3 is 0 Å². The van der Waals surface area contributed by atoms with Crippen LogP contribution in [-0.2, 0) is 10.8 Å². The Kier molecular flexibility index (Phi) is 5.67. The van der Waals surface area contributed by atoms with Crippen LogP contribution in [-0.4, -0.2) is 25.2 Å². The van der Waals surface area contributed by atoms with Gasteiger partial charge in [-0.2, -0.15) is 0 Å². The van der Waals surface area contributed by atoms with Gasteiger partial charge in [0.1, 0.15) is 0 Å². The normalized spacial score (nSPS) is 32.2. The predicted molar refractivity (Wildman–Crippen MR) is 173 cm³/mol. The molecule has 4 aromatic carbocycles. The van der Waals surface area contributed by atoms with Gasteiger partial charge in [-0.05, 0) is 72.9 Å². The highest BCUT2D eigenvalue weighted by Gasteiger charge is 2.57. The van der Waals surface area contributed by atoms with Crippen molar-refractivity contribution in [2.45, 2.75) is 101 Å². The zero-order valence-corrected chi connectivity index (χ0v) is 25.5. The largest absolute Gasteiger partial charge is 0.368 e. The van der Waals surface area contributed by atoms with E-state index in [4.69, 9.17) is 0 Å². The number of rotatable bonds is 0. The summed E-state index contributed by atoms with van der Waals surface area (Å²) < 4.78 is 0. The molecule has 2 fully saturated rings. The lowest BCUT2D eigenvalue weighted by molar-refractivity contribution is 0.190. The maximum atomic E-state index is 2.59. The molecule has 0 amide bonds. The minimum atomic E-state index is 0.276. The lowest BCUT2D eigenvalue weighted by atomic mass is 9.61. The Morgan fingerprint density at radius 2 is 1.05 bits per heavy atom. The van der Waals surface area contributed by atoms with Crippen LogP contribution in [0.2, 0.25) is 0 Å². The molecule has 0 N–H and O–H groups in total. The molecule has 2 aliphatic heterocycles. The van der Waals surface area contributed by atoms with Gasteiger partial charge in [0.25, 0.3) is 0 Å². The average molecular weight is 531 g/mol. The van der Waals surface area contributed by atoms with Crippen LogP contribution in [0.15, 0.2) is 72.8 Å². The second-order valence-electron chi connectivity index (χ2n) is 14.1. The fraction of sp³-hybridized carbons (Fsp3) is 0.474. The van der Waals surface area contributed by atoms with Crippen molar-refractivity contribution in [1.29, 1.82) is 0 Å². The van der Waals surface area contributed by atoms with Crippen molar-refractivity contribution >= 4 is 32.9 Å². The van der Waals surface area contributed by atoms with E-state index in [2.05, 4.69) is 124 Å². The van der Waals surface area contributed by atoms with E-state index >= 15 is 0 Å². The summed E-state index contributed by atoms with van der Waals surface area (Å²) in [6.07, 6.45) is 10.7. The minimum absolute atomic E-state index is 0.276. The first-order chi connectivity index (χ1) is 19.2. The maximum absolute atomic E-state index is 2.59. The fourth-order valence-electron chi connectivity index (χ4n) is 9.57. The molecule has 4 aliphatic rings. The molecule has 2 aliphatic carbocycles. The van der Waals surface area contributed by atoms with Gasteiger partial charge in [0.2, 0.25) is 0 Å². The molecule has 4 atom stereocenters. The lowest BCUT2D eigenvalue weighted by Crippen LogP contribution is -2.55. The third-order valence-corrected chi connectivity index (χ3v) is 12.7. The Morgan fingerprint density at radius 3 is 1.75 bits per heavy atom. The smallest absolute Gasteiger partial charge is 0.0487 e. The highest BCUT2D eigenvalue weighted by Crippen LogP contribution is 2.60. The number of fused-ring (bicyclic) bond motifs is 10.